The number of esters is 1. The van der Waals surface area contributed by atoms with Gasteiger partial charge >= 0.3 is 5.97 Å². The lowest BCUT2D eigenvalue weighted by atomic mass is 9.61. The van der Waals surface area contributed by atoms with Crippen molar-refractivity contribution in [1.29, 1.82) is 0 Å². The van der Waals surface area contributed by atoms with E-state index in [4.69, 9.17) is 26.3 Å². The number of halogens is 1. The highest BCUT2D eigenvalue weighted by atomic mass is 35.5. The number of hydrogen-bond acceptors (Lipinski definition) is 8. The number of anilines is 1. The second kappa shape index (κ2) is 9.88. The molecule has 10 heteroatoms. The second-order valence-corrected chi connectivity index (χ2v) is 11.8. The van der Waals surface area contributed by atoms with E-state index >= 15 is 0 Å². The highest BCUT2D eigenvalue weighted by Gasteiger charge is 2.48. The minimum absolute atomic E-state index is 0.0354. The number of ether oxygens (including phenoxy) is 1. The van der Waals surface area contributed by atoms with Crippen LogP contribution in [0.15, 0.2) is 48.8 Å². The van der Waals surface area contributed by atoms with E-state index in [2.05, 4.69) is 38.5 Å². The fourth-order valence-electron chi connectivity index (χ4n) is 6.32. The van der Waals surface area contributed by atoms with Crippen LogP contribution in [0, 0.1) is 17.8 Å². The topological polar surface area (TPSA) is 106 Å². The summed E-state index contributed by atoms with van der Waals surface area (Å²) in [6.45, 7) is 2.25. The van der Waals surface area contributed by atoms with Gasteiger partial charge in [0.2, 0.25) is 0 Å². The summed E-state index contributed by atoms with van der Waals surface area (Å²) >= 11 is 7.88. The van der Waals surface area contributed by atoms with Crippen LogP contribution in [-0.2, 0) is 9.53 Å². The van der Waals surface area contributed by atoms with Crippen LogP contribution in [0.3, 0.4) is 0 Å². The molecule has 0 aliphatic heterocycles. The van der Waals surface area contributed by atoms with Crippen LogP contribution in [0.5, 0.6) is 0 Å². The summed E-state index contributed by atoms with van der Waals surface area (Å²) < 4.78 is 6.72. The molecule has 0 radical (unpaired) electrons. The van der Waals surface area contributed by atoms with Crippen LogP contribution >= 0.6 is 22.9 Å². The third kappa shape index (κ3) is 4.43. The van der Waals surface area contributed by atoms with Crippen molar-refractivity contribution >= 4 is 56.0 Å². The summed E-state index contributed by atoms with van der Waals surface area (Å²) in [7, 11) is 0. The van der Waals surface area contributed by atoms with Crippen LogP contribution in [0.25, 0.3) is 43.2 Å². The number of aromatic amines is 1. The first-order valence-electron chi connectivity index (χ1n) is 13.4. The number of benzene rings is 1. The first-order valence-corrected chi connectivity index (χ1v) is 14.6. The molecule has 0 unspecified atom stereocenters. The molecule has 3 aliphatic carbocycles. The number of carbonyl (C=O) groups excluding carboxylic acids is 1. The Bertz CT molecular complexity index is 1660. The lowest BCUT2D eigenvalue weighted by Crippen LogP contribution is -2.52. The first kappa shape index (κ1) is 24.5. The van der Waals surface area contributed by atoms with Crippen LogP contribution in [0.1, 0.15) is 32.6 Å². The van der Waals surface area contributed by atoms with Gasteiger partial charge in [-0.1, -0.05) is 29.8 Å². The molecule has 198 valence electrons. The maximum absolute atomic E-state index is 13.1. The van der Waals surface area contributed by atoms with E-state index in [9.17, 15) is 4.79 Å². The Balaban J connectivity index is 1.34. The quantitative estimate of drug-likeness (QED) is 0.222. The van der Waals surface area contributed by atoms with Crippen molar-refractivity contribution in [2.75, 3.05) is 11.9 Å². The zero-order valence-electron chi connectivity index (χ0n) is 21.4. The number of carbonyl (C=O) groups is 1. The highest BCUT2D eigenvalue weighted by Crippen LogP contribution is 2.47. The van der Waals surface area contributed by atoms with Crippen LogP contribution < -0.4 is 5.32 Å². The third-order valence-electron chi connectivity index (χ3n) is 8.09. The molecule has 0 saturated heterocycles. The van der Waals surface area contributed by atoms with Gasteiger partial charge in [-0.05, 0) is 62.0 Å². The summed E-state index contributed by atoms with van der Waals surface area (Å²) in [5.74, 6) is 1.65. The minimum Gasteiger partial charge on any atom is -0.466 e. The van der Waals surface area contributed by atoms with Crippen molar-refractivity contribution in [2.24, 2.45) is 17.8 Å². The molecule has 3 aliphatic rings. The van der Waals surface area contributed by atoms with Crippen LogP contribution in [0.2, 0.25) is 5.15 Å². The molecule has 8 rings (SSSR count). The van der Waals surface area contributed by atoms with Crippen molar-refractivity contribution in [3.63, 3.8) is 0 Å². The van der Waals surface area contributed by atoms with Gasteiger partial charge < -0.3 is 15.0 Å². The lowest BCUT2D eigenvalue weighted by molar-refractivity contribution is -0.154. The molecule has 0 amide bonds. The molecule has 2 N–H and O–H groups in total. The monoisotopic (exact) mass is 558 g/mol. The lowest BCUT2D eigenvalue weighted by Gasteiger charge is -2.47. The van der Waals surface area contributed by atoms with Crippen LogP contribution in [-0.4, -0.2) is 43.5 Å². The first-order chi connectivity index (χ1) is 19.1. The van der Waals surface area contributed by atoms with Gasteiger partial charge in [-0.3, -0.25) is 4.79 Å². The van der Waals surface area contributed by atoms with E-state index in [0.29, 0.717) is 46.4 Å². The van der Waals surface area contributed by atoms with E-state index < -0.39 is 0 Å². The number of H-pyrrole nitrogens is 1. The molecule has 0 spiro atoms. The van der Waals surface area contributed by atoms with E-state index in [0.717, 1.165) is 41.8 Å². The van der Waals surface area contributed by atoms with Gasteiger partial charge in [-0.15, -0.1) is 11.3 Å². The number of aromatic nitrogens is 5. The Hall–Kier alpha value is -3.56. The predicted molar refractivity (Wildman–Crippen MR) is 154 cm³/mol. The Morgan fingerprint density at radius 2 is 1.95 bits per heavy atom. The van der Waals surface area contributed by atoms with Crippen molar-refractivity contribution in [2.45, 2.75) is 38.6 Å². The molecule has 5 aromatic rings. The molecule has 2 atom stereocenters. The summed E-state index contributed by atoms with van der Waals surface area (Å²) in [6.07, 6.45) is 7.69. The number of nitrogens with zero attached hydrogens (tertiary/aromatic N) is 4. The molecule has 39 heavy (non-hydrogen) atoms. The zero-order chi connectivity index (χ0) is 26.5. The molecule has 4 aromatic heterocycles. The Labute approximate surface area is 234 Å². The maximum atomic E-state index is 13.1. The summed E-state index contributed by atoms with van der Waals surface area (Å²) in [4.78, 5) is 36.1. The number of fused-ring (bicyclic) bond motifs is 5. The SMILES string of the molecule is CCOC(=O)[C@H]1C2CCC(CC2)[C@@H]1Nc1cc(-c2cc3ccccc3s2)nc(-c2c[nH]c3ncc(Cl)nc23)n1. The minimum atomic E-state index is -0.179. The molecular weight excluding hydrogens is 532 g/mol. The normalized spacial score (nSPS) is 22.4. The molecular formula is C29H27ClN6O2S. The van der Waals surface area contributed by atoms with E-state index in [1.165, 1.54) is 16.3 Å². The second-order valence-electron chi connectivity index (χ2n) is 10.3. The number of hydrogen-bond donors (Lipinski definition) is 2. The van der Waals surface area contributed by atoms with Gasteiger partial charge in [-0.2, -0.15) is 0 Å². The zero-order valence-corrected chi connectivity index (χ0v) is 22.9. The molecule has 3 fully saturated rings. The van der Waals surface area contributed by atoms with Crippen molar-refractivity contribution < 1.29 is 9.53 Å². The number of thiophene rings is 1. The largest absolute Gasteiger partial charge is 0.466 e. The maximum Gasteiger partial charge on any atom is 0.311 e. The molecule has 4 heterocycles. The van der Waals surface area contributed by atoms with Gasteiger partial charge in [-0.25, -0.2) is 19.9 Å². The Morgan fingerprint density at radius 3 is 2.77 bits per heavy atom. The number of nitrogens with one attached hydrogen (secondary N) is 2. The summed E-state index contributed by atoms with van der Waals surface area (Å²) in [5.41, 5.74) is 2.76. The standard InChI is InChI=1S/C29H27ClN6O2S/c1-2-38-29(37)24-15-7-9-16(10-8-15)25(24)35-23-12-19(21-11-17-5-3-4-6-20(17)39-21)33-27(36-23)18-13-31-28-26(18)34-22(30)14-32-28/h3-6,11-16,24-25H,2,7-10H2,1H3,(H,31,32)(H,33,35,36)/t15?,16?,24-,25-/m0/s1. The molecule has 2 bridgehead atoms. The van der Waals surface area contributed by atoms with Gasteiger partial charge in [0.05, 0.1) is 34.9 Å². The molecule has 3 saturated carbocycles. The smallest absolute Gasteiger partial charge is 0.311 e. The molecule has 1 aromatic carbocycles. The van der Waals surface area contributed by atoms with E-state index in [-0.39, 0.29) is 17.9 Å². The number of rotatable bonds is 6. The Kier molecular flexibility index (Phi) is 6.20. The Morgan fingerprint density at radius 1 is 1.13 bits per heavy atom. The van der Waals surface area contributed by atoms with Crippen LogP contribution in [0.4, 0.5) is 5.82 Å². The third-order valence-corrected chi connectivity index (χ3v) is 9.41. The van der Waals surface area contributed by atoms with Gasteiger partial charge in [0.1, 0.15) is 16.5 Å². The van der Waals surface area contributed by atoms with Crippen molar-refractivity contribution in [1.82, 2.24) is 24.9 Å². The van der Waals surface area contributed by atoms with Gasteiger partial charge in [0.25, 0.3) is 0 Å². The fourth-order valence-corrected chi connectivity index (χ4v) is 7.48. The van der Waals surface area contributed by atoms with Crippen molar-refractivity contribution in [3.8, 4) is 22.0 Å². The predicted octanol–water partition coefficient (Wildman–Crippen LogP) is 6.73. The highest BCUT2D eigenvalue weighted by molar-refractivity contribution is 7.22. The molecule has 8 nitrogen and oxygen atoms in total. The van der Waals surface area contributed by atoms with Gasteiger partial charge in [0, 0.05) is 23.0 Å². The van der Waals surface area contributed by atoms with Gasteiger partial charge in [0.15, 0.2) is 11.5 Å². The summed E-state index contributed by atoms with van der Waals surface area (Å²) in [5, 5.41) is 5.16. The average molecular weight is 559 g/mol. The fraction of sp³-hybridized carbons (Fsp3) is 0.345. The average Bonchev–Trinajstić information content (AvgIpc) is 3.58. The summed E-state index contributed by atoms with van der Waals surface area (Å²) in [6, 6.07) is 12.4. The van der Waals surface area contributed by atoms with E-state index in [1.807, 2.05) is 31.3 Å². The van der Waals surface area contributed by atoms with Crippen molar-refractivity contribution in [3.05, 3.63) is 53.9 Å². The van der Waals surface area contributed by atoms with E-state index in [1.54, 1.807) is 11.3 Å².